The smallest absolute Gasteiger partial charge is 0.194 e. The highest BCUT2D eigenvalue weighted by Gasteiger charge is 2.20. The molecule has 0 spiro atoms. The second-order valence-electron chi connectivity index (χ2n) is 5.02. The lowest BCUT2D eigenvalue weighted by molar-refractivity contribution is 0.375. The molecule has 2 N–H and O–H groups in total. The summed E-state index contributed by atoms with van der Waals surface area (Å²) in [5.74, 6) is -3.37. The molecule has 19 heavy (non-hydrogen) atoms. The Morgan fingerprint density at radius 2 is 1.79 bits per heavy atom. The zero-order chi connectivity index (χ0) is 14.4. The largest absolute Gasteiger partial charge is 0.324 e. The number of unbranched alkanes of at least 4 members (excludes halogenated alkanes) is 1. The minimum atomic E-state index is -1.44. The van der Waals surface area contributed by atoms with Crippen LogP contribution >= 0.6 is 0 Å². The van der Waals surface area contributed by atoms with Crippen molar-refractivity contribution in [2.45, 2.75) is 52.0 Å². The quantitative estimate of drug-likeness (QED) is 0.715. The standard InChI is InChI=1S/C15H22F3N/c1-3-5-6-10(4-2)9-13(19)11-7-8-12(16)15(18)14(11)17/h7-8,10,13H,3-6,9,19H2,1-2H3. The van der Waals surface area contributed by atoms with Crippen molar-refractivity contribution in [3.05, 3.63) is 35.1 Å². The van der Waals surface area contributed by atoms with Crippen LogP contribution in [0.2, 0.25) is 0 Å². The van der Waals surface area contributed by atoms with E-state index in [2.05, 4.69) is 13.8 Å². The molecule has 0 aromatic heterocycles. The lowest BCUT2D eigenvalue weighted by Crippen LogP contribution is -2.17. The number of nitrogens with two attached hydrogens (primary N) is 1. The molecule has 4 heteroatoms. The van der Waals surface area contributed by atoms with Crippen molar-refractivity contribution < 1.29 is 13.2 Å². The lowest BCUT2D eigenvalue weighted by atomic mass is 9.89. The molecule has 0 saturated heterocycles. The number of halogens is 3. The Morgan fingerprint density at radius 1 is 1.11 bits per heavy atom. The van der Waals surface area contributed by atoms with E-state index in [-0.39, 0.29) is 5.56 Å². The Morgan fingerprint density at radius 3 is 2.37 bits per heavy atom. The predicted molar refractivity (Wildman–Crippen MR) is 71.2 cm³/mol. The van der Waals surface area contributed by atoms with Gasteiger partial charge >= 0.3 is 0 Å². The minimum absolute atomic E-state index is 0.0637. The molecule has 0 aliphatic rings. The first-order valence-electron chi connectivity index (χ1n) is 6.90. The van der Waals surface area contributed by atoms with Crippen LogP contribution in [0, 0.1) is 23.4 Å². The Hall–Kier alpha value is -1.03. The third-order valence-electron chi connectivity index (χ3n) is 3.60. The Bertz CT molecular complexity index is 407. The van der Waals surface area contributed by atoms with Crippen molar-refractivity contribution in [3.63, 3.8) is 0 Å². The van der Waals surface area contributed by atoms with Crippen LogP contribution in [0.3, 0.4) is 0 Å². The summed E-state index contributed by atoms with van der Waals surface area (Å²) in [4.78, 5) is 0. The molecule has 2 unspecified atom stereocenters. The van der Waals surface area contributed by atoms with Gasteiger partial charge in [-0.15, -0.1) is 0 Å². The summed E-state index contributed by atoms with van der Waals surface area (Å²) in [6.45, 7) is 4.18. The van der Waals surface area contributed by atoms with Gasteiger partial charge in [0.2, 0.25) is 0 Å². The number of benzene rings is 1. The summed E-state index contributed by atoms with van der Waals surface area (Å²) in [5, 5.41) is 0. The second kappa shape index (κ2) is 7.53. The zero-order valence-corrected chi connectivity index (χ0v) is 11.6. The molecule has 0 amide bonds. The van der Waals surface area contributed by atoms with Gasteiger partial charge in [-0.2, -0.15) is 0 Å². The SMILES string of the molecule is CCCCC(CC)CC(N)c1ccc(F)c(F)c1F. The van der Waals surface area contributed by atoms with Crippen molar-refractivity contribution in [1.29, 1.82) is 0 Å². The molecule has 0 bridgehead atoms. The van der Waals surface area contributed by atoms with Gasteiger partial charge in [-0.25, -0.2) is 13.2 Å². The van der Waals surface area contributed by atoms with Gasteiger partial charge in [0.25, 0.3) is 0 Å². The fourth-order valence-electron chi connectivity index (χ4n) is 2.29. The van der Waals surface area contributed by atoms with Gasteiger partial charge in [0.1, 0.15) is 0 Å². The summed E-state index contributed by atoms with van der Waals surface area (Å²) in [6.07, 6.45) is 4.79. The first kappa shape index (κ1) is 16.0. The lowest BCUT2D eigenvalue weighted by Gasteiger charge is -2.20. The van der Waals surface area contributed by atoms with E-state index in [0.717, 1.165) is 31.7 Å². The molecule has 1 aromatic rings. The highest BCUT2D eigenvalue weighted by Crippen LogP contribution is 2.28. The molecule has 1 aromatic carbocycles. The molecule has 0 aliphatic heterocycles. The summed E-state index contributed by atoms with van der Waals surface area (Å²) < 4.78 is 39.7. The van der Waals surface area contributed by atoms with E-state index in [1.165, 1.54) is 6.07 Å². The van der Waals surface area contributed by atoms with Gasteiger partial charge < -0.3 is 5.73 Å². The van der Waals surface area contributed by atoms with Crippen molar-refractivity contribution in [2.24, 2.45) is 11.7 Å². The average Bonchev–Trinajstić information content (AvgIpc) is 2.40. The summed E-state index contributed by atoms with van der Waals surface area (Å²) in [7, 11) is 0. The predicted octanol–water partition coefficient (Wildman–Crippen LogP) is 4.71. The fourth-order valence-corrected chi connectivity index (χ4v) is 2.29. The molecule has 0 heterocycles. The van der Waals surface area contributed by atoms with Crippen LogP contribution in [-0.2, 0) is 0 Å². The molecular formula is C15H22F3N. The van der Waals surface area contributed by atoms with Crippen LogP contribution in [0.15, 0.2) is 12.1 Å². The second-order valence-corrected chi connectivity index (χ2v) is 5.02. The van der Waals surface area contributed by atoms with E-state index in [1.54, 1.807) is 0 Å². The molecule has 108 valence electrons. The molecular weight excluding hydrogens is 251 g/mol. The maximum atomic E-state index is 13.6. The minimum Gasteiger partial charge on any atom is -0.324 e. The average molecular weight is 273 g/mol. The normalized spacial score (nSPS) is 14.4. The van der Waals surface area contributed by atoms with Crippen molar-refractivity contribution in [3.8, 4) is 0 Å². The Balaban J connectivity index is 2.77. The van der Waals surface area contributed by atoms with E-state index >= 15 is 0 Å². The Kier molecular flexibility index (Phi) is 6.35. The van der Waals surface area contributed by atoms with Gasteiger partial charge in [-0.05, 0) is 18.4 Å². The van der Waals surface area contributed by atoms with Gasteiger partial charge in [0.05, 0.1) is 0 Å². The summed E-state index contributed by atoms with van der Waals surface area (Å²) in [5.41, 5.74) is 6.00. The first-order valence-corrected chi connectivity index (χ1v) is 6.90. The molecule has 1 nitrogen and oxygen atoms in total. The Labute approximate surface area is 113 Å². The highest BCUT2D eigenvalue weighted by atomic mass is 19.2. The molecule has 0 aliphatic carbocycles. The van der Waals surface area contributed by atoms with Crippen molar-refractivity contribution in [1.82, 2.24) is 0 Å². The first-order chi connectivity index (χ1) is 9.01. The molecule has 0 radical (unpaired) electrons. The fraction of sp³-hybridized carbons (Fsp3) is 0.600. The zero-order valence-electron chi connectivity index (χ0n) is 11.6. The van der Waals surface area contributed by atoms with Gasteiger partial charge in [-0.1, -0.05) is 45.6 Å². The maximum Gasteiger partial charge on any atom is 0.194 e. The van der Waals surface area contributed by atoms with E-state index < -0.39 is 23.5 Å². The van der Waals surface area contributed by atoms with Gasteiger partial charge in [-0.3, -0.25) is 0 Å². The number of rotatable bonds is 7. The maximum absolute atomic E-state index is 13.6. The molecule has 2 atom stereocenters. The summed E-state index contributed by atoms with van der Waals surface area (Å²) >= 11 is 0. The van der Waals surface area contributed by atoms with Crippen LogP contribution in [0.25, 0.3) is 0 Å². The van der Waals surface area contributed by atoms with Crippen molar-refractivity contribution >= 4 is 0 Å². The summed E-state index contributed by atoms with van der Waals surface area (Å²) in [6, 6.07) is 1.59. The van der Waals surface area contributed by atoms with Crippen LogP contribution in [0.5, 0.6) is 0 Å². The monoisotopic (exact) mass is 273 g/mol. The van der Waals surface area contributed by atoms with Crippen LogP contribution in [0.4, 0.5) is 13.2 Å². The number of hydrogen-bond acceptors (Lipinski definition) is 1. The van der Waals surface area contributed by atoms with Crippen LogP contribution < -0.4 is 5.73 Å². The molecule has 0 saturated carbocycles. The molecule has 1 rings (SSSR count). The van der Waals surface area contributed by atoms with E-state index in [1.807, 2.05) is 0 Å². The molecule has 0 fully saturated rings. The third-order valence-corrected chi connectivity index (χ3v) is 3.60. The van der Waals surface area contributed by atoms with E-state index in [9.17, 15) is 13.2 Å². The van der Waals surface area contributed by atoms with E-state index in [4.69, 9.17) is 5.73 Å². The van der Waals surface area contributed by atoms with Crippen LogP contribution in [0.1, 0.15) is 57.6 Å². The van der Waals surface area contributed by atoms with Gasteiger partial charge in [0, 0.05) is 11.6 Å². The highest BCUT2D eigenvalue weighted by molar-refractivity contribution is 5.23. The van der Waals surface area contributed by atoms with Gasteiger partial charge in [0.15, 0.2) is 17.5 Å². The topological polar surface area (TPSA) is 26.0 Å². The van der Waals surface area contributed by atoms with Crippen LogP contribution in [-0.4, -0.2) is 0 Å². The number of hydrogen-bond donors (Lipinski definition) is 1. The van der Waals surface area contributed by atoms with Crippen molar-refractivity contribution in [2.75, 3.05) is 0 Å². The third kappa shape index (κ3) is 4.23. The van der Waals surface area contributed by atoms with E-state index in [0.29, 0.717) is 12.3 Å².